The Morgan fingerprint density at radius 3 is 3.00 bits per heavy atom. The van der Waals surface area contributed by atoms with E-state index in [9.17, 15) is 9.59 Å². The third-order valence-corrected chi connectivity index (χ3v) is 2.11. The van der Waals surface area contributed by atoms with E-state index in [1.807, 2.05) is 6.07 Å². The quantitative estimate of drug-likeness (QED) is 0.628. The van der Waals surface area contributed by atoms with Crippen LogP contribution in [0.3, 0.4) is 0 Å². The van der Waals surface area contributed by atoms with E-state index in [0.717, 1.165) is 0 Å². The Labute approximate surface area is 91.7 Å². The molecular formula is C8H10ClN3O3. The SMILES string of the molecule is N#CC1CN(C(=O)NC(=O)CCl)CCO1. The van der Waals surface area contributed by atoms with Crippen LogP contribution in [0.15, 0.2) is 0 Å². The van der Waals surface area contributed by atoms with Crippen molar-refractivity contribution in [2.24, 2.45) is 0 Å². The molecule has 7 heteroatoms. The molecule has 0 aromatic rings. The molecule has 0 spiro atoms. The summed E-state index contributed by atoms with van der Waals surface area (Å²) in [6.45, 7) is 0.818. The Morgan fingerprint density at radius 2 is 2.40 bits per heavy atom. The van der Waals surface area contributed by atoms with E-state index in [0.29, 0.717) is 13.2 Å². The van der Waals surface area contributed by atoms with Crippen LogP contribution in [0.25, 0.3) is 0 Å². The zero-order valence-electron chi connectivity index (χ0n) is 7.90. The highest BCUT2D eigenvalue weighted by Crippen LogP contribution is 2.04. The summed E-state index contributed by atoms with van der Waals surface area (Å²) >= 11 is 5.23. The number of morpholine rings is 1. The summed E-state index contributed by atoms with van der Waals surface area (Å²) in [6.07, 6.45) is -0.629. The number of alkyl halides is 1. The van der Waals surface area contributed by atoms with Crippen molar-refractivity contribution in [3.05, 3.63) is 0 Å². The number of ether oxygens (including phenoxy) is 1. The first kappa shape index (κ1) is 11.8. The number of halogens is 1. The third kappa shape index (κ3) is 3.38. The van der Waals surface area contributed by atoms with Crippen LogP contribution in [-0.2, 0) is 9.53 Å². The fraction of sp³-hybridized carbons (Fsp3) is 0.625. The summed E-state index contributed by atoms with van der Waals surface area (Å²) in [5.41, 5.74) is 0. The molecule has 1 N–H and O–H groups in total. The zero-order valence-corrected chi connectivity index (χ0v) is 8.66. The lowest BCUT2D eigenvalue weighted by Crippen LogP contribution is -2.50. The molecule has 3 amide bonds. The maximum absolute atomic E-state index is 11.4. The van der Waals surface area contributed by atoms with Crippen molar-refractivity contribution in [2.75, 3.05) is 25.6 Å². The summed E-state index contributed by atoms with van der Waals surface area (Å²) in [5, 5.41) is 10.7. The van der Waals surface area contributed by atoms with Gasteiger partial charge >= 0.3 is 6.03 Å². The van der Waals surface area contributed by atoms with Crippen molar-refractivity contribution in [2.45, 2.75) is 6.10 Å². The highest BCUT2D eigenvalue weighted by molar-refractivity contribution is 6.28. The van der Waals surface area contributed by atoms with E-state index in [2.05, 4.69) is 5.32 Å². The molecule has 1 saturated heterocycles. The van der Waals surface area contributed by atoms with Crippen molar-refractivity contribution >= 4 is 23.5 Å². The average molecular weight is 232 g/mol. The molecule has 0 radical (unpaired) electrons. The van der Waals surface area contributed by atoms with E-state index in [-0.39, 0.29) is 12.4 Å². The largest absolute Gasteiger partial charge is 0.360 e. The van der Waals surface area contributed by atoms with Gasteiger partial charge in [0.1, 0.15) is 5.88 Å². The third-order valence-electron chi connectivity index (χ3n) is 1.87. The maximum atomic E-state index is 11.4. The lowest BCUT2D eigenvalue weighted by molar-refractivity contribution is -0.117. The van der Waals surface area contributed by atoms with Gasteiger partial charge in [-0.05, 0) is 0 Å². The summed E-state index contributed by atoms with van der Waals surface area (Å²) in [6, 6.07) is 1.36. The minimum absolute atomic E-state index is 0.165. The molecule has 1 aliphatic rings. The van der Waals surface area contributed by atoms with Crippen LogP contribution in [0.2, 0.25) is 0 Å². The van der Waals surface area contributed by atoms with Crippen LogP contribution in [0.4, 0.5) is 4.79 Å². The Balaban J connectivity index is 2.46. The maximum Gasteiger partial charge on any atom is 0.324 e. The van der Waals surface area contributed by atoms with Crippen LogP contribution < -0.4 is 5.32 Å². The normalized spacial score (nSPS) is 20.5. The van der Waals surface area contributed by atoms with Gasteiger partial charge in [-0.2, -0.15) is 5.26 Å². The molecule has 82 valence electrons. The molecule has 1 rings (SSSR count). The predicted molar refractivity (Wildman–Crippen MR) is 51.2 cm³/mol. The molecule has 1 aliphatic heterocycles. The highest BCUT2D eigenvalue weighted by Gasteiger charge is 2.24. The predicted octanol–water partition coefficient (Wildman–Crippen LogP) is -0.314. The molecule has 0 aromatic heterocycles. The first-order chi connectivity index (χ1) is 7.17. The first-order valence-electron chi connectivity index (χ1n) is 4.33. The Bertz CT molecular complexity index is 302. The highest BCUT2D eigenvalue weighted by atomic mass is 35.5. The van der Waals surface area contributed by atoms with Crippen molar-refractivity contribution in [3.8, 4) is 6.07 Å². The number of rotatable bonds is 1. The smallest absolute Gasteiger partial charge is 0.324 e. The molecule has 6 nitrogen and oxygen atoms in total. The van der Waals surface area contributed by atoms with Gasteiger partial charge in [0.05, 0.1) is 19.2 Å². The number of nitriles is 1. The van der Waals surface area contributed by atoms with Gasteiger partial charge < -0.3 is 9.64 Å². The van der Waals surface area contributed by atoms with Gasteiger partial charge in [-0.3, -0.25) is 10.1 Å². The number of hydrogen-bond acceptors (Lipinski definition) is 4. The Hall–Kier alpha value is -1.32. The number of nitrogens with zero attached hydrogens (tertiary/aromatic N) is 2. The second kappa shape index (κ2) is 5.53. The molecule has 15 heavy (non-hydrogen) atoms. The number of hydrogen-bond donors (Lipinski definition) is 1. The van der Waals surface area contributed by atoms with Gasteiger partial charge in [0, 0.05) is 6.54 Å². The number of amides is 3. The van der Waals surface area contributed by atoms with Crippen molar-refractivity contribution < 1.29 is 14.3 Å². The van der Waals surface area contributed by atoms with E-state index in [4.69, 9.17) is 21.6 Å². The second-order valence-corrected chi connectivity index (χ2v) is 3.19. The Morgan fingerprint density at radius 1 is 1.67 bits per heavy atom. The molecule has 1 unspecified atom stereocenters. The lowest BCUT2D eigenvalue weighted by Gasteiger charge is -2.29. The molecule has 0 bridgehead atoms. The Kier molecular flexibility index (Phi) is 4.34. The van der Waals surface area contributed by atoms with Gasteiger partial charge in [0.15, 0.2) is 6.10 Å². The van der Waals surface area contributed by atoms with Gasteiger partial charge in [0.25, 0.3) is 0 Å². The zero-order chi connectivity index (χ0) is 11.3. The van der Waals surface area contributed by atoms with E-state index < -0.39 is 18.0 Å². The van der Waals surface area contributed by atoms with Crippen LogP contribution in [-0.4, -0.2) is 48.5 Å². The van der Waals surface area contributed by atoms with Crippen molar-refractivity contribution in [1.82, 2.24) is 10.2 Å². The van der Waals surface area contributed by atoms with Crippen molar-refractivity contribution in [3.63, 3.8) is 0 Å². The first-order valence-corrected chi connectivity index (χ1v) is 4.86. The second-order valence-electron chi connectivity index (χ2n) is 2.92. The van der Waals surface area contributed by atoms with E-state index in [1.54, 1.807) is 0 Å². The molecule has 1 atom stereocenters. The summed E-state index contributed by atoms with van der Waals surface area (Å²) in [4.78, 5) is 23.6. The number of carbonyl (C=O) groups is 2. The van der Waals surface area contributed by atoms with Crippen LogP contribution in [0.1, 0.15) is 0 Å². The number of urea groups is 1. The van der Waals surface area contributed by atoms with Gasteiger partial charge in [-0.1, -0.05) is 0 Å². The van der Waals surface area contributed by atoms with Crippen LogP contribution in [0, 0.1) is 11.3 Å². The molecule has 0 aliphatic carbocycles. The van der Waals surface area contributed by atoms with Crippen molar-refractivity contribution in [1.29, 1.82) is 5.26 Å². The van der Waals surface area contributed by atoms with Crippen LogP contribution >= 0.6 is 11.6 Å². The number of imide groups is 1. The van der Waals surface area contributed by atoms with Gasteiger partial charge in [-0.25, -0.2) is 4.79 Å². The molecule has 1 heterocycles. The van der Waals surface area contributed by atoms with Gasteiger partial charge in [-0.15, -0.1) is 11.6 Å². The molecular weight excluding hydrogens is 222 g/mol. The number of nitrogens with one attached hydrogen (secondary N) is 1. The van der Waals surface area contributed by atoms with E-state index in [1.165, 1.54) is 4.90 Å². The number of carbonyl (C=O) groups excluding carboxylic acids is 2. The van der Waals surface area contributed by atoms with Gasteiger partial charge in [0.2, 0.25) is 5.91 Å². The summed E-state index contributed by atoms with van der Waals surface area (Å²) in [7, 11) is 0. The average Bonchev–Trinajstić information content (AvgIpc) is 2.28. The lowest BCUT2D eigenvalue weighted by atomic mass is 10.3. The molecule has 0 saturated carbocycles. The molecule has 0 aromatic carbocycles. The summed E-state index contributed by atoms with van der Waals surface area (Å²) < 4.78 is 5.05. The summed E-state index contributed by atoms with van der Waals surface area (Å²) in [5.74, 6) is -0.820. The van der Waals surface area contributed by atoms with E-state index >= 15 is 0 Å². The van der Waals surface area contributed by atoms with Crippen LogP contribution in [0.5, 0.6) is 0 Å². The molecule has 1 fully saturated rings. The minimum Gasteiger partial charge on any atom is -0.360 e. The minimum atomic E-state index is -0.629. The topological polar surface area (TPSA) is 82.4 Å². The fourth-order valence-electron chi connectivity index (χ4n) is 1.14. The fourth-order valence-corrected chi connectivity index (χ4v) is 1.21. The standard InChI is InChI=1S/C8H10ClN3O3/c9-3-7(13)11-8(14)12-1-2-15-6(4-10)5-12/h6H,1-3,5H2,(H,11,13,14). The monoisotopic (exact) mass is 231 g/mol.